The molecule has 0 spiro atoms. The molecule has 0 radical (unpaired) electrons. The molecule has 0 saturated heterocycles. The SMILES string of the molecule is CC(C)Oc1ccc(C(=O)NNC(=O)c2ccc(-n3cccc3)cc2)cc1. The van der Waals surface area contributed by atoms with Gasteiger partial charge in [0.1, 0.15) is 5.75 Å². The molecule has 1 aromatic heterocycles. The molecular weight excluding hydrogens is 342 g/mol. The van der Waals surface area contributed by atoms with Crippen molar-refractivity contribution >= 4 is 11.8 Å². The lowest BCUT2D eigenvalue weighted by atomic mass is 10.2. The van der Waals surface area contributed by atoms with E-state index in [9.17, 15) is 9.59 Å². The number of nitrogens with one attached hydrogen (secondary N) is 2. The van der Waals surface area contributed by atoms with Crippen LogP contribution in [0.2, 0.25) is 0 Å². The standard InChI is InChI=1S/C21H21N3O3/c1-15(2)27-19-11-7-17(8-12-19)21(26)23-22-20(25)16-5-9-18(10-6-16)24-13-3-4-14-24/h3-15H,1-2H3,(H,22,25)(H,23,26). The second-order valence-electron chi connectivity index (χ2n) is 6.24. The van der Waals surface area contributed by atoms with Gasteiger partial charge in [0.2, 0.25) is 0 Å². The first-order valence-corrected chi connectivity index (χ1v) is 8.64. The molecule has 0 aliphatic heterocycles. The normalized spacial score (nSPS) is 10.5. The molecule has 2 N–H and O–H groups in total. The van der Waals surface area contributed by atoms with E-state index in [0.717, 1.165) is 5.69 Å². The van der Waals surface area contributed by atoms with Gasteiger partial charge in [-0.15, -0.1) is 0 Å². The van der Waals surface area contributed by atoms with E-state index in [1.54, 1.807) is 36.4 Å². The molecule has 6 heteroatoms. The van der Waals surface area contributed by atoms with Crippen LogP contribution < -0.4 is 15.6 Å². The fourth-order valence-corrected chi connectivity index (χ4v) is 2.51. The van der Waals surface area contributed by atoms with Crippen molar-refractivity contribution in [3.63, 3.8) is 0 Å². The Morgan fingerprint density at radius 3 is 1.78 bits per heavy atom. The lowest BCUT2D eigenvalue weighted by Crippen LogP contribution is -2.41. The summed E-state index contributed by atoms with van der Waals surface area (Å²) in [6.45, 7) is 3.86. The highest BCUT2D eigenvalue weighted by atomic mass is 16.5. The van der Waals surface area contributed by atoms with Gasteiger partial charge in [-0.1, -0.05) is 0 Å². The van der Waals surface area contributed by atoms with Crippen LogP contribution in [0.25, 0.3) is 5.69 Å². The number of hydrazine groups is 1. The summed E-state index contributed by atoms with van der Waals surface area (Å²) in [6.07, 6.45) is 3.91. The van der Waals surface area contributed by atoms with Crippen LogP contribution in [0.4, 0.5) is 0 Å². The van der Waals surface area contributed by atoms with Crippen molar-refractivity contribution in [2.45, 2.75) is 20.0 Å². The molecule has 0 saturated carbocycles. The Morgan fingerprint density at radius 1 is 0.815 bits per heavy atom. The predicted octanol–water partition coefficient (Wildman–Crippen LogP) is 3.34. The van der Waals surface area contributed by atoms with E-state index in [1.807, 2.05) is 55.1 Å². The summed E-state index contributed by atoms with van der Waals surface area (Å²) in [5.74, 6) is -0.0982. The third-order valence-electron chi connectivity index (χ3n) is 3.81. The summed E-state index contributed by atoms with van der Waals surface area (Å²) in [6, 6.07) is 17.7. The average Bonchev–Trinajstić information content (AvgIpc) is 3.21. The van der Waals surface area contributed by atoms with E-state index in [-0.39, 0.29) is 12.0 Å². The number of carbonyl (C=O) groups excluding carboxylic acids is 2. The molecule has 3 aromatic rings. The average molecular weight is 363 g/mol. The van der Waals surface area contributed by atoms with Gasteiger partial charge in [0, 0.05) is 29.2 Å². The van der Waals surface area contributed by atoms with Crippen LogP contribution >= 0.6 is 0 Å². The second-order valence-corrected chi connectivity index (χ2v) is 6.24. The summed E-state index contributed by atoms with van der Waals surface area (Å²) >= 11 is 0. The summed E-state index contributed by atoms with van der Waals surface area (Å²) in [7, 11) is 0. The molecule has 0 aliphatic carbocycles. The van der Waals surface area contributed by atoms with Gasteiger partial charge in [0.05, 0.1) is 6.10 Å². The molecule has 0 bridgehead atoms. The highest BCUT2D eigenvalue weighted by molar-refractivity contribution is 5.99. The van der Waals surface area contributed by atoms with Gasteiger partial charge in [0.15, 0.2) is 0 Å². The third kappa shape index (κ3) is 4.76. The number of amides is 2. The topological polar surface area (TPSA) is 72.4 Å². The fourth-order valence-electron chi connectivity index (χ4n) is 2.51. The van der Waals surface area contributed by atoms with Gasteiger partial charge >= 0.3 is 0 Å². The number of hydrogen-bond donors (Lipinski definition) is 2. The lowest BCUT2D eigenvalue weighted by molar-refractivity contribution is 0.0846. The molecular formula is C21H21N3O3. The van der Waals surface area contributed by atoms with E-state index >= 15 is 0 Å². The van der Waals surface area contributed by atoms with Crippen molar-refractivity contribution in [2.75, 3.05) is 0 Å². The molecule has 27 heavy (non-hydrogen) atoms. The Morgan fingerprint density at radius 2 is 1.30 bits per heavy atom. The first kappa shape index (κ1) is 18.3. The molecule has 138 valence electrons. The van der Waals surface area contributed by atoms with Crippen LogP contribution in [-0.4, -0.2) is 22.5 Å². The summed E-state index contributed by atoms with van der Waals surface area (Å²) in [4.78, 5) is 24.4. The van der Waals surface area contributed by atoms with Crippen molar-refractivity contribution in [2.24, 2.45) is 0 Å². The highest BCUT2D eigenvalue weighted by Gasteiger charge is 2.10. The van der Waals surface area contributed by atoms with Crippen LogP contribution in [-0.2, 0) is 0 Å². The highest BCUT2D eigenvalue weighted by Crippen LogP contribution is 2.14. The lowest BCUT2D eigenvalue weighted by Gasteiger charge is -2.11. The first-order valence-electron chi connectivity index (χ1n) is 8.64. The number of benzene rings is 2. The number of aromatic nitrogens is 1. The van der Waals surface area contributed by atoms with Crippen LogP contribution in [0.1, 0.15) is 34.6 Å². The monoisotopic (exact) mass is 363 g/mol. The van der Waals surface area contributed by atoms with Gasteiger partial charge in [-0.3, -0.25) is 20.4 Å². The Balaban J connectivity index is 1.56. The molecule has 6 nitrogen and oxygen atoms in total. The summed E-state index contributed by atoms with van der Waals surface area (Å²) < 4.78 is 7.48. The van der Waals surface area contributed by atoms with Crippen molar-refractivity contribution in [3.05, 3.63) is 84.2 Å². The number of rotatable bonds is 5. The van der Waals surface area contributed by atoms with Crippen molar-refractivity contribution in [1.29, 1.82) is 0 Å². The van der Waals surface area contributed by atoms with E-state index in [2.05, 4.69) is 10.9 Å². The number of carbonyl (C=O) groups is 2. The molecule has 3 rings (SSSR count). The minimum atomic E-state index is -0.400. The number of nitrogens with zero attached hydrogens (tertiary/aromatic N) is 1. The zero-order valence-electron chi connectivity index (χ0n) is 15.2. The quantitative estimate of drug-likeness (QED) is 0.683. The minimum absolute atomic E-state index is 0.0628. The molecule has 2 aromatic carbocycles. The van der Waals surface area contributed by atoms with Crippen molar-refractivity contribution in [1.82, 2.24) is 15.4 Å². The van der Waals surface area contributed by atoms with Gasteiger partial charge in [0.25, 0.3) is 11.8 Å². The molecule has 0 atom stereocenters. The van der Waals surface area contributed by atoms with E-state index in [1.165, 1.54) is 0 Å². The predicted molar refractivity (Wildman–Crippen MR) is 103 cm³/mol. The van der Waals surface area contributed by atoms with E-state index in [4.69, 9.17) is 4.74 Å². The molecule has 2 amide bonds. The van der Waals surface area contributed by atoms with Crippen LogP contribution in [0, 0.1) is 0 Å². The zero-order chi connectivity index (χ0) is 19.2. The van der Waals surface area contributed by atoms with E-state index < -0.39 is 5.91 Å². The third-order valence-corrected chi connectivity index (χ3v) is 3.81. The second kappa shape index (κ2) is 8.23. The van der Waals surface area contributed by atoms with Crippen LogP contribution in [0.3, 0.4) is 0 Å². The first-order chi connectivity index (χ1) is 13.0. The Hall–Kier alpha value is -3.54. The Labute approximate surface area is 157 Å². The van der Waals surface area contributed by atoms with Gasteiger partial charge < -0.3 is 9.30 Å². The molecule has 0 unspecified atom stereocenters. The van der Waals surface area contributed by atoms with E-state index in [0.29, 0.717) is 16.9 Å². The van der Waals surface area contributed by atoms with Gasteiger partial charge in [-0.25, -0.2) is 0 Å². The fraction of sp³-hybridized carbons (Fsp3) is 0.143. The summed E-state index contributed by atoms with van der Waals surface area (Å²) in [5.41, 5.74) is 6.66. The number of hydrogen-bond acceptors (Lipinski definition) is 3. The molecule has 1 heterocycles. The Kier molecular flexibility index (Phi) is 5.56. The zero-order valence-corrected chi connectivity index (χ0v) is 15.2. The smallest absolute Gasteiger partial charge is 0.269 e. The van der Waals surface area contributed by atoms with Crippen LogP contribution in [0.5, 0.6) is 5.75 Å². The maximum absolute atomic E-state index is 12.2. The Bertz CT molecular complexity index is 899. The van der Waals surface area contributed by atoms with Gasteiger partial charge in [-0.05, 0) is 74.5 Å². The maximum atomic E-state index is 12.2. The maximum Gasteiger partial charge on any atom is 0.269 e. The largest absolute Gasteiger partial charge is 0.491 e. The number of ether oxygens (including phenoxy) is 1. The van der Waals surface area contributed by atoms with Crippen molar-refractivity contribution < 1.29 is 14.3 Å². The van der Waals surface area contributed by atoms with Crippen molar-refractivity contribution in [3.8, 4) is 11.4 Å². The van der Waals surface area contributed by atoms with Gasteiger partial charge in [-0.2, -0.15) is 0 Å². The molecule has 0 aliphatic rings. The van der Waals surface area contributed by atoms with Crippen LogP contribution in [0.15, 0.2) is 73.1 Å². The minimum Gasteiger partial charge on any atom is -0.491 e. The summed E-state index contributed by atoms with van der Waals surface area (Å²) in [5, 5.41) is 0. The molecule has 0 fully saturated rings.